The van der Waals surface area contributed by atoms with Crippen molar-refractivity contribution in [1.29, 1.82) is 0 Å². The molecule has 0 N–H and O–H groups in total. The number of nitrogens with zero attached hydrogens (tertiary/aromatic N) is 2. The third-order valence-electron chi connectivity index (χ3n) is 2.80. The first-order chi connectivity index (χ1) is 8.57. The molecule has 0 aromatic heterocycles. The minimum absolute atomic E-state index is 0.105. The summed E-state index contributed by atoms with van der Waals surface area (Å²) in [5.41, 5.74) is 0. The SMILES string of the molecule is CN(CC(=O)N1CCCC1)C(=O)C(F)(F)C(F)(F)F. The average molecular weight is 288 g/mol. The van der Waals surface area contributed by atoms with E-state index in [1.165, 1.54) is 4.90 Å². The Morgan fingerprint density at radius 1 is 1.11 bits per heavy atom. The van der Waals surface area contributed by atoms with Crippen LogP contribution < -0.4 is 0 Å². The second kappa shape index (κ2) is 5.30. The van der Waals surface area contributed by atoms with Crippen molar-refractivity contribution in [3.05, 3.63) is 0 Å². The second-order valence-corrected chi connectivity index (χ2v) is 4.32. The lowest BCUT2D eigenvalue weighted by Crippen LogP contribution is -2.53. The van der Waals surface area contributed by atoms with E-state index in [-0.39, 0.29) is 4.90 Å². The van der Waals surface area contributed by atoms with Gasteiger partial charge in [0.05, 0.1) is 6.54 Å². The minimum atomic E-state index is -5.96. The van der Waals surface area contributed by atoms with Gasteiger partial charge in [-0.3, -0.25) is 9.59 Å². The van der Waals surface area contributed by atoms with Crippen LogP contribution in [0, 0.1) is 0 Å². The Balaban J connectivity index is 2.64. The number of amides is 2. The van der Waals surface area contributed by atoms with E-state index >= 15 is 0 Å². The molecule has 19 heavy (non-hydrogen) atoms. The highest BCUT2D eigenvalue weighted by Gasteiger charge is 2.64. The van der Waals surface area contributed by atoms with Gasteiger partial charge in [-0.25, -0.2) is 0 Å². The first-order valence-electron chi connectivity index (χ1n) is 5.55. The van der Waals surface area contributed by atoms with Crippen LogP contribution in [0.2, 0.25) is 0 Å². The number of carbonyl (C=O) groups excluding carboxylic acids is 2. The van der Waals surface area contributed by atoms with Crippen LogP contribution in [0.3, 0.4) is 0 Å². The molecule has 1 rings (SSSR count). The fraction of sp³-hybridized carbons (Fsp3) is 0.800. The maximum Gasteiger partial charge on any atom is 0.463 e. The molecule has 1 aliphatic heterocycles. The highest BCUT2D eigenvalue weighted by molar-refractivity contribution is 5.89. The average Bonchev–Trinajstić information content (AvgIpc) is 2.79. The molecule has 110 valence electrons. The van der Waals surface area contributed by atoms with Crippen molar-refractivity contribution in [2.45, 2.75) is 24.9 Å². The molecule has 1 fully saturated rings. The van der Waals surface area contributed by atoms with Gasteiger partial charge in [0.1, 0.15) is 0 Å². The van der Waals surface area contributed by atoms with E-state index in [4.69, 9.17) is 0 Å². The normalized spacial score (nSPS) is 16.6. The van der Waals surface area contributed by atoms with Gasteiger partial charge in [0.15, 0.2) is 0 Å². The molecule has 0 spiro atoms. The third kappa shape index (κ3) is 3.32. The van der Waals surface area contributed by atoms with Crippen LogP contribution in [0.25, 0.3) is 0 Å². The van der Waals surface area contributed by atoms with Crippen LogP contribution in [0.1, 0.15) is 12.8 Å². The fourth-order valence-electron chi connectivity index (χ4n) is 1.70. The van der Waals surface area contributed by atoms with Gasteiger partial charge in [-0.05, 0) is 12.8 Å². The minimum Gasteiger partial charge on any atom is -0.341 e. The van der Waals surface area contributed by atoms with Crippen molar-refractivity contribution in [3.8, 4) is 0 Å². The van der Waals surface area contributed by atoms with Gasteiger partial charge in [-0.2, -0.15) is 22.0 Å². The lowest BCUT2D eigenvalue weighted by molar-refractivity contribution is -0.273. The molecule has 2 amide bonds. The molecule has 0 atom stereocenters. The lowest BCUT2D eigenvalue weighted by atomic mass is 10.3. The molecule has 0 aromatic rings. The molecule has 0 radical (unpaired) electrons. The molecule has 9 heteroatoms. The number of hydrogen-bond acceptors (Lipinski definition) is 2. The van der Waals surface area contributed by atoms with Gasteiger partial charge >= 0.3 is 18.0 Å². The summed E-state index contributed by atoms with van der Waals surface area (Å²) in [4.78, 5) is 24.0. The van der Waals surface area contributed by atoms with E-state index in [9.17, 15) is 31.5 Å². The van der Waals surface area contributed by atoms with E-state index in [1.54, 1.807) is 0 Å². The molecular weight excluding hydrogens is 275 g/mol. The molecule has 1 aliphatic rings. The maximum atomic E-state index is 12.8. The molecule has 0 aromatic carbocycles. The van der Waals surface area contributed by atoms with Gasteiger partial charge in [0.2, 0.25) is 5.91 Å². The van der Waals surface area contributed by atoms with Crippen LogP contribution in [0.5, 0.6) is 0 Å². The van der Waals surface area contributed by atoms with Crippen molar-refractivity contribution >= 4 is 11.8 Å². The van der Waals surface area contributed by atoms with E-state index in [0.29, 0.717) is 13.1 Å². The largest absolute Gasteiger partial charge is 0.463 e. The van der Waals surface area contributed by atoms with E-state index in [0.717, 1.165) is 19.9 Å². The maximum absolute atomic E-state index is 12.8. The number of halogens is 5. The van der Waals surface area contributed by atoms with Crippen LogP contribution in [-0.2, 0) is 9.59 Å². The molecule has 4 nitrogen and oxygen atoms in total. The van der Waals surface area contributed by atoms with E-state index < -0.39 is 30.5 Å². The molecule has 0 saturated carbocycles. The van der Waals surface area contributed by atoms with Crippen LogP contribution >= 0.6 is 0 Å². The van der Waals surface area contributed by atoms with Crippen LogP contribution in [0.15, 0.2) is 0 Å². The summed E-state index contributed by atoms with van der Waals surface area (Å²) < 4.78 is 61.5. The molecular formula is C10H13F5N2O2. The Bertz CT molecular complexity index is 363. The summed E-state index contributed by atoms with van der Waals surface area (Å²) >= 11 is 0. The fourth-order valence-corrected chi connectivity index (χ4v) is 1.70. The number of hydrogen-bond donors (Lipinski definition) is 0. The lowest BCUT2D eigenvalue weighted by Gasteiger charge is -2.26. The zero-order valence-electron chi connectivity index (χ0n) is 10.1. The monoisotopic (exact) mass is 288 g/mol. The predicted molar refractivity (Wildman–Crippen MR) is 54.5 cm³/mol. The van der Waals surface area contributed by atoms with Crippen molar-refractivity contribution in [2.75, 3.05) is 26.7 Å². The summed E-state index contributed by atoms with van der Waals surface area (Å²) in [6.07, 6.45) is -4.46. The smallest absolute Gasteiger partial charge is 0.341 e. The number of rotatable bonds is 3. The predicted octanol–water partition coefficient (Wildman–Crippen LogP) is 1.26. The zero-order valence-corrected chi connectivity index (χ0v) is 10.1. The van der Waals surface area contributed by atoms with Crippen molar-refractivity contribution in [1.82, 2.24) is 9.80 Å². The number of alkyl halides is 5. The third-order valence-corrected chi connectivity index (χ3v) is 2.80. The Hall–Kier alpha value is -1.41. The molecule has 1 heterocycles. The van der Waals surface area contributed by atoms with Gasteiger partial charge in [-0.1, -0.05) is 0 Å². The second-order valence-electron chi connectivity index (χ2n) is 4.32. The Morgan fingerprint density at radius 3 is 2.00 bits per heavy atom. The molecule has 0 unspecified atom stereocenters. The standard InChI is InChI=1S/C10H13F5N2O2/c1-16(6-7(18)17-4-2-3-5-17)8(19)9(11,12)10(13,14)15/h2-6H2,1H3. The topological polar surface area (TPSA) is 40.6 Å². The molecule has 1 saturated heterocycles. The van der Waals surface area contributed by atoms with E-state index in [2.05, 4.69) is 0 Å². The van der Waals surface area contributed by atoms with E-state index in [1.807, 2.05) is 0 Å². The van der Waals surface area contributed by atoms with Crippen molar-refractivity contribution < 1.29 is 31.5 Å². The molecule has 0 aliphatic carbocycles. The first-order valence-corrected chi connectivity index (χ1v) is 5.55. The number of carbonyl (C=O) groups is 2. The quantitative estimate of drug-likeness (QED) is 0.734. The summed E-state index contributed by atoms with van der Waals surface area (Å²) in [6, 6.07) is 0. The summed E-state index contributed by atoms with van der Waals surface area (Å²) in [6.45, 7) is 0.0670. The van der Waals surface area contributed by atoms with Crippen molar-refractivity contribution in [2.24, 2.45) is 0 Å². The number of likely N-dealkylation sites (N-methyl/N-ethyl adjacent to an activating group) is 1. The van der Waals surface area contributed by atoms with Gasteiger partial charge < -0.3 is 9.80 Å². The Morgan fingerprint density at radius 2 is 1.58 bits per heavy atom. The Kier molecular flexibility index (Phi) is 4.36. The van der Waals surface area contributed by atoms with Crippen LogP contribution in [-0.4, -0.2) is 60.4 Å². The van der Waals surface area contributed by atoms with Crippen molar-refractivity contribution in [3.63, 3.8) is 0 Å². The zero-order chi connectivity index (χ0) is 14.8. The summed E-state index contributed by atoms with van der Waals surface area (Å²) in [5.74, 6) is -8.54. The highest BCUT2D eigenvalue weighted by atomic mass is 19.4. The summed E-state index contributed by atoms with van der Waals surface area (Å²) in [7, 11) is 0.746. The number of likely N-dealkylation sites (tertiary alicyclic amines) is 1. The van der Waals surface area contributed by atoms with Gasteiger partial charge in [0.25, 0.3) is 0 Å². The van der Waals surface area contributed by atoms with Gasteiger partial charge in [0, 0.05) is 20.1 Å². The first kappa shape index (κ1) is 15.6. The molecule has 0 bridgehead atoms. The van der Waals surface area contributed by atoms with Gasteiger partial charge in [-0.15, -0.1) is 0 Å². The van der Waals surface area contributed by atoms with Crippen LogP contribution in [0.4, 0.5) is 22.0 Å². The Labute approximate surface area is 106 Å². The highest BCUT2D eigenvalue weighted by Crippen LogP contribution is 2.36. The summed E-state index contributed by atoms with van der Waals surface area (Å²) in [5, 5.41) is 0.